The van der Waals surface area contributed by atoms with E-state index in [4.69, 9.17) is 0 Å². The third-order valence-corrected chi connectivity index (χ3v) is 6.99. The highest BCUT2D eigenvalue weighted by molar-refractivity contribution is 9.09. The molecule has 1 saturated carbocycles. The molecule has 2 fully saturated rings. The van der Waals surface area contributed by atoms with Gasteiger partial charge in [0.05, 0.1) is 5.75 Å². The third-order valence-electron chi connectivity index (χ3n) is 4.48. The molecule has 6 heteroatoms. The standard InChI is InChI=1S/C14H24BrNO3S/c15-9-10-16(12-6-2-1-3-7-12)14(17)13-8-4-5-11-20(13,18)19/h12-13H,1-11H2. The van der Waals surface area contributed by atoms with Crippen molar-refractivity contribution in [2.75, 3.05) is 17.6 Å². The van der Waals surface area contributed by atoms with Gasteiger partial charge in [0.15, 0.2) is 9.84 Å². The van der Waals surface area contributed by atoms with Crippen LogP contribution >= 0.6 is 15.9 Å². The van der Waals surface area contributed by atoms with Gasteiger partial charge in [-0.05, 0) is 25.7 Å². The topological polar surface area (TPSA) is 54.5 Å². The first-order valence-electron chi connectivity index (χ1n) is 7.64. The van der Waals surface area contributed by atoms with Crippen LogP contribution in [0.1, 0.15) is 51.4 Å². The van der Waals surface area contributed by atoms with Gasteiger partial charge in [0.25, 0.3) is 0 Å². The van der Waals surface area contributed by atoms with Crippen LogP contribution in [0.3, 0.4) is 0 Å². The van der Waals surface area contributed by atoms with Crippen LogP contribution in [0.5, 0.6) is 0 Å². The van der Waals surface area contributed by atoms with E-state index in [1.165, 1.54) is 6.42 Å². The van der Waals surface area contributed by atoms with Crippen molar-refractivity contribution in [3.63, 3.8) is 0 Å². The molecule has 0 aromatic rings. The number of carbonyl (C=O) groups excluding carboxylic acids is 1. The van der Waals surface area contributed by atoms with Crippen LogP contribution in [-0.2, 0) is 14.6 Å². The summed E-state index contributed by atoms with van der Waals surface area (Å²) < 4.78 is 24.3. The number of halogens is 1. The minimum absolute atomic E-state index is 0.143. The molecule has 1 amide bonds. The van der Waals surface area contributed by atoms with Crippen LogP contribution in [0, 0.1) is 0 Å². The minimum Gasteiger partial charge on any atom is -0.338 e. The Labute approximate surface area is 130 Å². The molecule has 1 heterocycles. The molecule has 1 aliphatic heterocycles. The van der Waals surface area contributed by atoms with Crippen LogP contribution in [0.2, 0.25) is 0 Å². The first-order valence-corrected chi connectivity index (χ1v) is 10.5. The number of nitrogens with zero attached hydrogens (tertiary/aromatic N) is 1. The Morgan fingerprint density at radius 1 is 1.05 bits per heavy atom. The zero-order valence-corrected chi connectivity index (χ0v) is 14.3. The maximum Gasteiger partial charge on any atom is 0.241 e. The van der Waals surface area contributed by atoms with Crippen LogP contribution in [0.4, 0.5) is 0 Å². The second kappa shape index (κ2) is 7.25. The van der Waals surface area contributed by atoms with E-state index in [1.807, 2.05) is 4.90 Å². The Balaban J connectivity index is 2.13. The quantitative estimate of drug-likeness (QED) is 0.719. The van der Waals surface area contributed by atoms with Gasteiger partial charge in [-0.15, -0.1) is 0 Å². The molecular weight excluding hydrogens is 342 g/mol. The summed E-state index contributed by atoms with van der Waals surface area (Å²) in [5, 5.41) is -0.0700. The molecule has 0 aromatic carbocycles. The third kappa shape index (κ3) is 3.75. The molecule has 0 aromatic heterocycles. The molecule has 0 bridgehead atoms. The monoisotopic (exact) mass is 365 g/mol. The van der Waals surface area contributed by atoms with E-state index >= 15 is 0 Å². The number of hydrogen-bond acceptors (Lipinski definition) is 3. The molecule has 2 rings (SSSR count). The van der Waals surface area contributed by atoms with Gasteiger partial charge in [0, 0.05) is 17.9 Å². The number of rotatable bonds is 4. The molecular formula is C14H24BrNO3S. The minimum atomic E-state index is -3.23. The Morgan fingerprint density at radius 3 is 2.30 bits per heavy atom. The summed E-state index contributed by atoms with van der Waals surface area (Å²) in [6.45, 7) is 0.621. The molecule has 4 nitrogen and oxygen atoms in total. The van der Waals surface area contributed by atoms with Gasteiger partial charge >= 0.3 is 0 Å². The summed E-state index contributed by atoms with van der Waals surface area (Å²) in [5.41, 5.74) is 0. The van der Waals surface area contributed by atoms with Crippen molar-refractivity contribution in [3.05, 3.63) is 0 Å². The average molecular weight is 366 g/mol. The largest absolute Gasteiger partial charge is 0.338 e. The number of sulfone groups is 1. The summed E-state index contributed by atoms with van der Waals surface area (Å²) in [4.78, 5) is 14.6. The van der Waals surface area contributed by atoms with Gasteiger partial charge in [0.1, 0.15) is 5.25 Å². The van der Waals surface area contributed by atoms with Crippen molar-refractivity contribution in [1.29, 1.82) is 0 Å². The molecule has 1 saturated heterocycles. The van der Waals surface area contributed by atoms with Gasteiger partial charge in [-0.1, -0.05) is 41.6 Å². The van der Waals surface area contributed by atoms with Gasteiger partial charge in [-0.3, -0.25) is 4.79 Å². The number of amides is 1. The molecule has 1 atom stereocenters. The zero-order valence-electron chi connectivity index (χ0n) is 11.9. The van der Waals surface area contributed by atoms with Crippen LogP contribution in [-0.4, -0.2) is 48.1 Å². The molecule has 0 N–H and O–H groups in total. The Kier molecular flexibility index (Phi) is 5.90. The number of carbonyl (C=O) groups is 1. The van der Waals surface area contributed by atoms with E-state index < -0.39 is 15.1 Å². The summed E-state index contributed by atoms with van der Waals surface area (Å²) in [6, 6.07) is 0.242. The Morgan fingerprint density at radius 2 is 1.70 bits per heavy atom. The lowest BCUT2D eigenvalue weighted by atomic mass is 9.94. The predicted molar refractivity (Wildman–Crippen MR) is 83.8 cm³/mol. The first-order chi connectivity index (χ1) is 9.56. The van der Waals surface area contributed by atoms with Crippen molar-refractivity contribution in [2.45, 2.75) is 62.7 Å². The van der Waals surface area contributed by atoms with Gasteiger partial charge in [-0.25, -0.2) is 8.42 Å². The molecule has 20 heavy (non-hydrogen) atoms. The highest BCUT2D eigenvalue weighted by Crippen LogP contribution is 2.27. The lowest BCUT2D eigenvalue weighted by Gasteiger charge is -2.37. The Bertz CT molecular complexity index is 432. The van der Waals surface area contributed by atoms with Crippen LogP contribution in [0.15, 0.2) is 0 Å². The van der Waals surface area contributed by atoms with E-state index in [0.717, 1.165) is 32.1 Å². The normalized spacial score (nSPS) is 27.1. The molecule has 116 valence electrons. The Hall–Kier alpha value is -0.100. The fourth-order valence-corrected chi connectivity index (χ4v) is 5.61. The number of hydrogen-bond donors (Lipinski definition) is 0. The molecule has 0 radical (unpaired) electrons. The van der Waals surface area contributed by atoms with E-state index in [1.54, 1.807) is 0 Å². The second-order valence-corrected chi connectivity index (χ2v) is 8.96. The molecule has 1 aliphatic carbocycles. The lowest BCUT2D eigenvalue weighted by Crippen LogP contribution is -2.50. The lowest BCUT2D eigenvalue weighted by molar-refractivity contribution is -0.133. The summed E-state index contributed by atoms with van der Waals surface area (Å²) >= 11 is 3.39. The smallest absolute Gasteiger partial charge is 0.241 e. The summed E-state index contributed by atoms with van der Waals surface area (Å²) in [7, 11) is -3.23. The van der Waals surface area contributed by atoms with E-state index in [0.29, 0.717) is 24.7 Å². The van der Waals surface area contributed by atoms with Crippen molar-refractivity contribution in [2.24, 2.45) is 0 Å². The average Bonchev–Trinajstić information content (AvgIpc) is 2.44. The predicted octanol–water partition coefficient (Wildman–Crippen LogP) is 2.51. The summed E-state index contributed by atoms with van der Waals surface area (Å²) in [6.07, 6.45) is 7.62. The van der Waals surface area contributed by atoms with Crippen LogP contribution < -0.4 is 0 Å². The van der Waals surface area contributed by atoms with Crippen molar-refractivity contribution < 1.29 is 13.2 Å². The highest BCUT2D eigenvalue weighted by Gasteiger charge is 2.39. The molecule has 1 unspecified atom stereocenters. The molecule has 2 aliphatic rings. The van der Waals surface area contributed by atoms with Crippen molar-refractivity contribution >= 4 is 31.7 Å². The van der Waals surface area contributed by atoms with Gasteiger partial charge in [-0.2, -0.15) is 0 Å². The highest BCUT2D eigenvalue weighted by atomic mass is 79.9. The van der Waals surface area contributed by atoms with Crippen LogP contribution in [0.25, 0.3) is 0 Å². The number of alkyl halides is 1. The van der Waals surface area contributed by atoms with Gasteiger partial charge in [0.2, 0.25) is 5.91 Å². The fraction of sp³-hybridized carbons (Fsp3) is 0.929. The van der Waals surface area contributed by atoms with Gasteiger partial charge < -0.3 is 4.90 Å². The maximum atomic E-state index is 12.7. The first kappa shape index (κ1) is 16.3. The SMILES string of the molecule is O=C(C1CCCCS1(=O)=O)N(CCBr)C1CCCCC1. The molecule has 0 spiro atoms. The summed E-state index contributed by atoms with van der Waals surface area (Å²) in [5.74, 6) is 0.0343. The second-order valence-electron chi connectivity index (χ2n) is 5.86. The fourth-order valence-electron chi connectivity index (χ4n) is 3.37. The van der Waals surface area contributed by atoms with E-state index in [-0.39, 0.29) is 17.7 Å². The zero-order chi connectivity index (χ0) is 14.6. The van der Waals surface area contributed by atoms with Crippen molar-refractivity contribution in [3.8, 4) is 0 Å². The van der Waals surface area contributed by atoms with E-state index in [2.05, 4.69) is 15.9 Å². The maximum absolute atomic E-state index is 12.7. The van der Waals surface area contributed by atoms with E-state index in [9.17, 15) is 13.2 Å². The van der Waals surface area contributed by atoms with Crippen molar-refractivity contribution in [1.82, 2.24) is 4.90 Å².